The maximum atomic E-state index is 3.61. The van der Waals surface area contributed by atoms with E-state index in [1.807, 2.05) is 0 Å². The molecule has 0 saturated carbocycles. The average Bonchev–Trinajstić information content (AvgIpc) is 2.37. The molecule has 0 saturated heterocycles. The summed E-state index contributed by atoms with van der Waals surface area (Å²) in [6.07, 6.45) is 2.42. The summed E-state index contributed by atoms with van der Waals surface area (Å²) in [5.74, 6) is 0.639. The van der Waals surface area contributed by atoms with Crippen LogP contribution >= 0.6 is 0 Å². The van der Waals surface area contributed by atoms with E-state index < -0.39 is 0 Å². The molecule has 2 atom stereocenters. The quantitative estimate of drug-likeness (QED) is 0.760. The van der Waals surface area contributed by atoms with Gasteiger partial charge in [0.15, 0.2) is 0 Å². The van der Waals surface area contributed by atoms with Crippen LogP contribution in [0.3, 0.4) is 0 Å². The van der Waals surface area contributed by atoms with E-state index in [1.165, 1.54) is 18.4 Å². The molecule has 0 fully saturated rings. The molecule has 2 heteroatoms. The zero-order valence-corrected chi connectivity index (χ0v) is 12.3. The van der Waals surface area contributed by atoms with Crippen LogP contribution in [0.4, 0.5) is 0 Å². The van der Waals surface area contributed by atoms with E-state index in [-0.39, 0.29) is 0 Å². The highest BCUT2D eigenvalue weighted by Crippen LogP contribution is 2.17. The van der Waals surface area contributed by atoms with Gasteiger partial charge in [0.2, 0.25) is 0 Å². The van der Waals surface area contributed by atoms with E-state index in [4.69, 9.17) is 0 Å². The Balaban J connectivity index is 2.17. The molecule has 1 N–H and O–H groups in total. The number of rotatable bonds is 8. The summed E-state index contributed by atoms with van der Waals surface area (Å²) in [6.45, 7) is 6.84. The van der Waals surface area contributed by atoms with Crippen LogP contribution in [0, 0.1) is 0 Å². The van der Waals surface area contributed by atoms with Crippen molar-refractivity contribution >= 4 is 0 Å². The Morgan fingerprint density at radius 2 is 1.72 bits per heavy atom. The van der Waals surface area contributed by atoms with Gasteiger partial charge in [0.1, 0.15) is 0 Å². The van der Waals surface area contributed by atoms with E-state index >= 15 is 0 Å². The van der Waals surface area contributed by atoms with Gasteiger partial charge in [-0.05, 0) is 58.4 Å². The van der Waals surface area contributed by atoms with Gasteiger partial charge in [-0.3, -0.25) is 0 Å². The second-order valence-corrected chi connectivity index (χ2v) is 5.55. The number of hydrogen-bond acceptors (Lipinski definition) is 2. The zero-order valence-electron chi connectivity index (χ0n) is 12.3. The van der Waals surface area contributed by atoms with Gasteiger partial charge in [0.05, 0.1) is 0 Å². The van der Waals surface area contributed by atoms with Crippen molar-refractivity contribution in [3.63, 3.8) is 0 Å². The molecule has 0 radical (unpaired) electrons. The monoisotopic (exact) mass is 248 g/mol. The van der Waals surface area contributed by atoms with Crippen molar-refractivity contribution in [1.82, 2.24) is 10.2 Å². The van der Waals surface area contributed by atoms with E-state index in [0.717, 1.165) is 13.1 Å². The van der Waals surface area contributed by atoms with Crippen LogP contribution in [0.1, 0.15) is 38.2 Å². The van der Waals surface area contributed by atoms with Crippen molar-refractivity contribution in [1.29, 1.82) is 0 Å². The normalized spacial score (nSPS) is 14.7. The molecule has 18 heavy (non-hydrogen) atoms. The molecular weight excluding hydrogens is 220 g/mol. The Kier molecular flexibility index (Phi) is 6.99. The number of hydrogen-bond donors (Lipinski definition) is 1. The Hall–Kier alpha value is -0.860. The SMILES string of the molecule is CC(CCN(C)C)NCCC(C)c1ccccc1. The van der Waals surface area contributed by atoms with Gasteiger partial charge >= 0.3 is 0 Å². The second-order valence-electron chi connectivity index (χ2n) is 5.55. The molecule has 0 amide bonds. The minimum absolute atomic E-state index is 0.607. The molecule has 0 aliphatic carbocycles. The lowest BCUT2D eigenvalue weighted by Crippen LogP contribution is -2.31. The predicted octanol–water partition coefficient (Wildman–Crippen LogP) is 3.11. The molecule has 2 unspecified atom stereocenters. The highest BCUT2D eigenvalue weighted by atomic mass is 15.1. The largest absolute Gasteiger partial charge is 0.314 e. The lowest BCUT2D eigenvalue weighted by Gasteiger charge is -2.18. The van der Waals surface area contributed by atoms with E-state index in [0.29, 0.717) is 12.0 Å². The first-order chi connectivity index (χ1) is 8.59. The Bertz CT molecular complexity index is 308. The third-order valence-electron chi connectivity index (χ3n) is 3.45. The molecule has 0 aromatic heterocycles. The van der Waals surface area contributed by atoms with Gasteiger partial charge in [-0.2, -0.15) is 0 Å². The number of nitrogens with one attached hydrogen (secondary N) is 1. The molecular formula is C16H28N2. The van der Waals surface area contributed by atoms with Crippen molar-refractivity contribution in [2.24, 2.45) is 0 Å². The summed E-state index contributed by atoms with van der Waals surface area (Å²) in [6, 6.07) is 11.4. The fourth-order valence-electron chi connectivity index (χ4n) is 2.05. The van der Waals surface area contributed by atoms with Gasteiger partial charge in [0.25, 0.3) is 0 Å². The van der Waals surface area contributed by atoms with Gasteiger partial charge in [-0.25, -0.2) is 0 Å². The maximum Gasteiger partial charge on any atom is 0.00509 e. The van der Waals surface area contributed by atoms with Crippen molar-refractivity contribution in [3.8, 4) is 0 Å². The highest BCUT2D eigenvalue weighted by molar-refractivity contribution is 5.18. The van der Waals surface area contributed by atoms with Gasteiger partial charge < -0.3 is 10.2 Å². The Morgan fingerprint density at radius 3 is 2.33 bits per heavy atom. The van der Waals surface area contributed by atoms with Gasteiger partial charge in [-0.15, -0.1) is 0 Å². The molecule has 1 rings (SSSR count). The van der Waals surface area contributed by atoms with E-state index in [9.17, 15) is 0 Å². The summed E-state index contributed by atoms with van der Waals surface area (Å²) >= 11 is 0. The molecule has 102 valence electrons. The van der Waals surface area contributed by atoms with Crippen LogP contribution in [-0.4, -0.2) is 38.1 Å². The van der Waals surface area contributed by atoms with Gasteiger partial charge in [-0.1, -0.05) is 37.3 Å². The second kappa shape index (κ2) is 8.28. The predicted molar refractivity (Wildman–Crippen MR) is 80.1 cm³/mol. The van der Waals surface area contributed by atoms with Crippen molar-refractivity contribution in [2.75, 3.05) is 27.2 Å². The number of nitrogens with zero attached hydrogens (tertiary/aromatic N) is 1. The molecule has 1 aromatic rings. The van der Waals surface area contributed by atoms with Crippen LogP contribution < -0.4 is 5.32 Å². The Labute approximate surface area is 112 Å². The van der Waals surface area contributed by atoms with Crippen LogP contribution in [0.25, 0.3) is 0 Å². The topological polar surface area (TPSA) is 15.3 Å². The van der Waals surface area contributed by atoms with E-state index in [2.05, 4.69) is 68.5 Å². The van der Waals surface area contributed by atoms with Crippen molar-refractivity contribution in [2.45, 2.75) is 38.6 Å². The van der Waals surface area contributed by atoms with Gasteiger partial charge in [0, 0.05) is 6.04 Å². The van der Waals surface area contributed by atoms with E-state index in [1.54, 1.807) is 0 Å². The summed E-state index contributed by atoms with van der Waals surface area (Å²) in [5.41, 5.74) is 1.44. The summed E-state index contributed by atoms with van der Waals surface area (Å²) in [4.78, 5) is 2.24. The number of benzene rings is 1. The minimum Gasteiger partial charge on any atom is -0.314 e. The summed E-state index contributed by atoms with van der Waals surface area (Å²) < 4.78 is 0. The smallest absolute Gasteiger partial charge is 0.00509 e. The van der Waals surface area contributed by atoms with Crippen LogP contribution in [0.5, 0.6) is 0 Å². The third-order valence-corrected chi connectivity index (χ3v) is 3.45. The lowest BCUT2D eigenvalue weighted by atomic mass is 9.98. The summed E-state index contributed by atoms with van der Waals surface area (Å²) in [7, 11) is 4.26. The van der Waals surface area contributed by atoms with Crippen molar-refractivity contribution < 1.29 is 0 Å². The Morgan fingerprint density at radius 1 is 1.06 bits per heavy atom. The van der Waals surface area contributed by atoms with Crippen LogP contribution in [0.2, 0.25) is 0 Å². The summed E-state index contributed by atoms with van der Waals surface area (Å²) in [5, 5.41) is 3.61. The maximum absolute atomic E-state index is 3.61. The molecule has 0 spiro atoms. The van der Waals surface area contributed by atoms with Crippen molar-refractivity contribution in [3.05, 3.63) is 35.9 Å². The fourth-order valence-corrected chi connectivity index (χ4v) is 2.05. The standard InChI is InChI=1S/C16H28N2/c1-14(16-8-6-5-7-9-16)10-12-17-15(2)11-13-18(3)4/h5-9,14-15,17H,10-13H2,1-4H3. The third kappa shape index (κ3) is 6.18. The lowest BCUT2D eigenvalue weighted by molar-refractivity contribution is 0.364. The molecule has 1 aromatic carbocycles. The van der Waals surface area contributed by atoms with Crippen LogP contribution in [-0.2, 0) is 0 Å². The first-order valence-corrected chi connectivity index (χ1v) is 7.02. The molecule has 0 aliphatic rings. The first-order valence-electron chi connectivity index (χ1n) is 7.02. The molecule has 2 nitrogen and oxygen atoms in total. The first kappa shape index (κ1) is 15.2. The zero-order chi connectivity index (χ0) is 13.4. The minimum atomic E-state index is 0.607. The fraction of sp³-hybridized carbons (Fsp3) is 0.625. The molecule has 0 heterocycles. The highest BCUT2D eigenvalue weighted by Gasteiger charge is 2.06. The van der Waals surface area contributed by atoms with Crippen LogP contribution in [0.15, 0.2) is 30.3 Å². The average molecular weight is 248 g/mol. The molecule has 0 aliphatic heterocycles. The molecule has 0 bridgehead atoms.